The Bertz CT molecular complexity index is 1780. The van der Waals surface area contributed by atoms with Crippen molar-refractivity contribution in [1.29, 1.82) is 0 Å². The van der Waals surface area contributed by atoms with Gasteiger partial charge in [0.1, 0.15) is 22.8 Å². The van der Waals surface area contributed by atoms with Crippen molar-refractivity contribution in [2.45, 2.75) is 32.0 Å². The van der Waals surface area contributed by atoms with E-state index in [1.165, 1.54) is 22.9 Å². The minimum absolute atomic E-state index is 0.0747. The standard InChI is InChI=1S/C31H21ClF4N2O2/c32-20-14-13-19(26(33)16-20)17-38-30(24-9-2-10-25(29(24)37-38)31(34,35)36)18-5-1-6-21(15-18)40-28-12-4-7-22-23(28)8-3-11-27(22)39/h1-2,4-7,9-10,12-16H,3,8,11,17H2. The van der Waals surface area contributed by atoms with Gasteiger partial charge in [0, 0.05) is 39.1 Å². The van der Waals surface area contributed by atoms with E-state index >= 15 is 0 Å². The third-order valence-corrected chi connectivity index (χ3v) is 7.25. The number of ether oxygens (including phenoxy) is 1. The second-order valence-electron chi connectivity index (χ2n) is 9.63. The second kappa shape index (κ2) is 10.1. The summed E-state index contributed by atoms with van der Waals surface area (Å²) in [6.45, 7) is -0.121. The molecule has 1 heterocycles. The van der Waals surface area contributed by atoms with Gasteiger partial charge in [-0.1, -0.05) is 54.1 Å². The molecule has 202 valence electrons. The molecule has 0 bridgehead atoms. The van der Waals surface area contributed by atoms with E-state index in [2.05, 4.69) is 5.10 Å². The third-order valence-electron chi connectivity index (χ3n) is 7.01. The quantitative estimate of drug-likeness (QED) is 0.200. The smallest absolute Gasteiger partial charge is 0.418 e. The molecule has 1 aliphatic rings. The van der Waals surface area contributed by atoms with Crippen LogP contribution in [0, 0.1) is 5.82 Å². The molecule has 4 nitrogen and oxygen atoms in total. The van der Waals surface area contributed by atoms with E-state index in [4.69, 9.17) is 16.3 Å². The summed E-state index contributed by atoms with van der Waals surface area (Å²) < 4.78 is 64.0. The van der Waals surface area contributed by atoms with Crippen LogP contribution in [0.2, 0.25) is 5.02 Å². The predicted molar refractivity (Wildman–Crippen MR) is 144 cm³/mol. The minimum Gasteiger partial charge on any atom is -0.457 e. The number of ketones is 1. The normalized spacial score (nSPS) is 13.5. The van der Waals surface area contributed by atoms with Crippen LogP contribution in [0.4, 0.5) is 17.6 Å². The largest absolute Gasteiger partial charge is 0.457 e. The number of Topliss-reactive ketones (excluding diaryl/α,β-unsaturated/α-hetero) is 1. The van der Waals surface area contributed by atoms with Crippen LogP contribution in [0.25, 0.3) is 22.2 Å². The van der Waals surface area contributed by atoms with Gasteiger partial charge in [0.05, 0.1) is 17.8 Å². The molecule has 5 aromatic rings. The molecule has 0 aliphatic heterocycles. The first kappa shape index (κ1) is 26.1. The number of hydrogen-bond donors (Lipinski definition) is 0. The first-order chi connectivity index (χ1) is 19.2. The van der Waals surface area contributed by atoms with Gasteiger partial charge in [-0.3, -0.25) is 9.48 Å². The highest BCUT2D eigenvalue weighted by molar-refractivity contribution is 6.30. The van der Waals surface area contributed by atoms with Gasteiger partial charge in [-0.25, -0.2) is 4.39 Å². The Balaban J connectivity index is 1.47. The summed E-state index contributed by atoms with van der Waals surface area (Å²) in [5.74, 6) is 0.485. The third kappa shape index (κ3) is 4.84. The fourth-order valence-electron chi connectivity index (χ4n) is 5.19. The molecule has 1 aliphatic carbocycles. The summed E-state index contributed by atoms with van der Waals surface area (Å²) in [6.07, 6.45) is -2.69. The number of fused-ring (bicyclic) bond motifs is 2. The maximum Gasteiger partial charge on any atom is 0.418 e. The lowest BCUT2D eigenvalue weighted by Crippen LogP contribution is -2.11. The summed E-state index contributed by atoms with van der Waals surface area (Å²) in [7, 11) is 0. The van der Waals surface area contributed by atoms with E-state index in [-0.39, 0.29) is 33.8 Å². The first-order valence-electron chi connectivity index (χ1n) is 12.6. The predicted octanol–water partition coefficient (Wildman–Crippen LogP) is 8.87. The zero-order valence-electron chi connectivity index (χ0n) is 20.9. The number of hydrogen-bond acceptors (Lipinski definition) is 3. The molecular formula is C31H21ClF4N2O2. The fraction of sp³-hybridized carbons (Fsp3) is 0.161. The molecule has 0 fully saturated rings. The lowest BCUT2D eigenvalue weighted by Gasteiger charge is -2.18. The maximum absolute atomic E-state index is 14.7. The molecule has 0 spiro atoms. The topological polar surface area (TPSA) is 44.1 Å². The van der Waals surface area contributed by atoms with Crippen molar-refractivity contribution < 1.29 is 27.1 Å². The van der Waals surface area contributed by atoms with Gasteiger partial charge in [0.15, 0.2) is 5.78 Å². The molecule has 0 unspecified atom stereocenters. The Labute approximate surface area is 231 Å². The van der Waals surface area contributed by atoms with E-state index in [0.29, 0.717) is 41.2 Å². The molecule has 0 radical (unpaired) electrons. The van der Waals surface area contributed by atoms with Crippen molar-refractivity contribution in [2.24, 2.45) is 0 Å². The second-order valence-corrected chi connectivity index (χ2v) is 10.1. The summed E-state index contributed by atoms with van der Waals surface area (Å²) in [4.78, 5) is 12.4. The average Bonchev–Trinajstić information content (AvgIpc) is 3.28. The van der Waals surface area contributed by atoms with E-state index in [1.54, 1.807) is 48.5 Å². The number of nitrogens with zero attached hydrogens (tertiary/aromatic N) is 2. The van der Waals surface area contributed by atoms with Crippen LogP contribution in [-0.4, -0.2) is 15.6 Å². The number of alkyl halides is 3. The van der Waals surface area contributed by atoms with Crippen LogP contribution in [0.5, 0.6) is 11.5 Å². The SMILES string of the molecule is O=C1CCCc2c(Oc3cccc(-c4c5cccc(C(F)(F)F)c5nn4Cc4ccc(Cl)cc4F)c3)cccc21. The molecule has 0 amide bonds. The molecule has 4 aromatic carbocycles. The van der Waals surface area contributed by atoms with Gasteiger partial charge < -0.3 is 4.74 Å². The lowest BCUT2D eigenvalue weighted by molar-refractivity contribution is -0.136. The van der Waals surface area contributed by atoms with E-state index < -0.39 is 17.6 Å². The van der Waals surface area contributed by atoms with Gasteiger partial charge >= 0.3 is 6.18 Å². The van der Waals surface area contributed by atoms with Crippen LogP contribution in [0.3, 0.4) is 0 Å². The van der Waals surface area contributed by atoms with Gasteiger partial charge in [-0.2, -0.15) is 18.3 Å². The highest BCUT2D eigenvalue weighted by Gasteiger charge is 2.34. The molecular weight excluding hydrogens is 544 g/mol. The van der Waals surface area contributed by atoms with Gasteiger partial charge in [-0.15, -0.1) is 0 Å². The zero-order valence-corrected chi connectivity index (χ0v) is 21.7. The number of aromatic nitrogens is 2. The summed E-state index contributed by atoms with van der Waals surface area (Å²) in [5, 5.41) is 4.79. The summed E-state index contributed by atoms with van der Waals surface area (Å²) >= 11 is 5.90. The highest BCUT2D eigenvalue weighted by atomic mass is 35.5. The average molecular weight is 565 g/mol. The maximum atomic E-state index is 14.7. The van der Waals surface area contributed by atoms with Crippen molar-refractivity contribution in [3.63, 3.8) is 0 Å². The molecule has 0 saturated heterocycles. The first-order valence-corrected chi connectivity index (χ1v) is 13.0. The van der Waals surface area contributed by atoms with Crippen molar-refractivity contribution in [3.8, 4) is 22.8 Å². The van der Waals surface area contributed by atoms with Crippen LogP contribution >= 0.6 is 11.6 Å². The number of halogens is 5. The van der Waals surface area contributed by atoms with Crippen LogP contribution < -0.4 is 4.74 Å². The summed E-state index contributed by atoms with van der Waals surface area (Å²) in [6, 6.07) is 20.3. The van der Waals surface area contributed by atoms with E-state index in [1.807, 2.05) is 0 Å². The molecule has 9 heteroatoms. The Kier molecular flexibility index (Phi) is 6.58. The lowest BCUT2D eigenvalue weighted by atomic mass is 9.90. The van der Waals surface area contributed by atoms with Gasteiger partial charge in [0.25, 0.3) is 0 Å². The van der Waals surface area contributed by atoms with E-state index in [0.717, 1.165) is 24.1 Å². The Morgan fingerprint density at radius 2 is 1.75 bits per heavy atom. The Hall–Kier alpha value is -4.17. The Morgan fingerprint density at radius 3 is 2.55 bits per heavy atom. The zero-order chi connectivity index (χ0) is 28.0. The molecule has 0 saturated carbocycles. The van der Waals surface area contributed by atoms with Crippen molar-refractivity contribution in [1.82, 2.24) is 9.78 Å². The number of carbonyl (C=O) groups is 1. The molecule has 40 heavy (non-hydrogen) atoms. The monoisotopic (exact) mass is 564 g/mol. The van der Waals surface area contributed by atoms with Crippen molar-refractivity contribution in [2.75, 3.05) is 0 Å². The number of carbonyl (C=O) groups excluding carboxylic acids is 1. The van der Waals surface area contributed by atoms with Gasteiger partial charge in [-0.05, 0) is 49.2 Å². The summed E-state index contributed by atoms with van der Waals surface area (Å²) in [5.41, 5.74) is 1.51. The molecule has 6 rings (SSSR count). The van der Waals surface area contributed by atoms with Crippen LogP contribution in [0.1, 0.15) is 39.9 Å². The minimum atomic E-state index is -4.63. The molecule has 1 aromatic heterocycles. The molecule has 0 atom stereocenters. The Morgan fingerprint density at radius 1 is 0.950 bits per heavy atom. The van der Waals surface area contributed by atoms with Gasteiger partial charge in [0.2, 0.25) is 0 Å². The van der Waals surface area contributed by atoms with Crippen molar-refractivity contribution in [3.05, 3.63) is 112 Å². The fourth-order valence-corrected chi connectivity index (χ4v) is 5.34. The van der Waals surface area contributed by atoms with Crippen LogP contribution in [0.15, 0.2) is 78.9 Å². The number of benzene rings is 4. The van der Waals surface area contributed by atoms with Crippen LogP contribution in [-0.2, 0) is 19.1 Å². The highest BCUT2D eigenvalue weighted by Crippen LogP contribution is 2.40. The van der Waals surface area contributed by atoms with E-state index in [9.17, 15) is 22.4 Å². The molecule has 0 N–H and O–H groups in total. The van der Waals surface area contributed by atoms with Crippen molar-refractivity contribution >= 4 is 28.3 Å². The number of rotatable bonds is 5.